The van der Waals surface area contributed by atoms with Gasteiger partial charge in [0.25, 0.3) is 0 Å². The number of carbonyl (C=O) groups is 1. The highest BCUT2D eigenvalue weighted by Gasteiger charge is 2.32. The first kappa shape index (κ1) is 22.7. The zero-order valence-electron chi connectivity index (χ0n) is 18.8. The van der Waals surface area contributed by atoms with Gasteiger partial charge in [-0.15, -0.1) is 0 Å². The van der Waals surface area contributed by atoms with E-state index in [1.807, 2.05) is 37.8 Å². The maximum atomic E-state index is 13.4. The maximum absolute atomic E-state index is 13.4. The minimum absolute atomic E-state index is 0.0646. The average Bonchev–Trinajstić information content (AvgIpc) is 3.17. The predicted molar refractivity (Wildman–Crippen MR) is 135 cm³/mol. The van der Waals surface area contributed by atoms with Crippen molar-refractivity contribution >= 4 is 34.4 Å². The van der Waals surface area contributed by atoms with E-state index in [1.54, 1.807) is 0 Å². The van der Waals surface area contributed by atoms with Crippen molar-refractivity contribution in [2.24, 2.45) is 0 Å². The Morgan fingerprint density at radius 3 is 1.75 bits per heavy atom. The molecule has 0 aromatic heterocycles. The Morgan fingerprint density at radius 2 is 1.34 bits per heavy atom. The normalized spacial score (nSPS) is 17.8. The summed E-state index contributed by atoms with van der Waals surface area (Å²) in [6.45, 7) is 2.24. The largest absolute Gasteiger partial charge is 0.348 e. The fourth-order valence-electron chi connectivity index (χ4n) is 4.35. The molecule has 0 aliphatic carbocycles. The van der Waals surface area contributed by atoms with E-state index >= 15 is 0 Å². The van der Waals surface area contributed by atoms with Crippen molar-refractivity contribution in [3.8, 4) is 0 Å². The number of benzene rings is 3. The minimum atomic E-state index is -2.23. The monoisotopic (exact) mass is 446 g/mol. The molecule has 3 aromatic carbocycles. The molecule has 1 heterocycles. The predicted octanol–water partition coefficient (Wildman–Crippen LogP) is 4.67. The smallest absolute Gasteiger partial charge is 0.163 e. The first-order valence-electron chi connectivity index (χ1n) is 11.3. The summed E-state index contributed by atoms with van der Waals surface area (Å²) in [6, 6.07) is 31.4. The highest BCUT2D eigenvalue weighted by atomic mass is 31.2. The van der Waals surface area contributed by atoms with Gasteiger partial charge in [0.1, 0.15) is 0 Å². The van der Waals surface area contributed by atoms with E-state index in [4.69, 9.17) is 9.47 Å². The third-order valence-corrected chi connectivity index (χ3v) is 9.86. The van der Waals surface area contributed by atoms with Gasteiger partial charge in [-0.05, 0) is 55.3 Å². The minimum Gasteiger partial charge on any atom is -0.348 e. The van der Waals surface area contributed by atoms with Crippen LogP contribution in [0.5, 0.6) is 0 Å². The van der Waals surface area contributed by atoms with Crippen molar-refractivity contribution < 1.29 is 14.3 Å². The third-order valence-electron chi connectivity index (χ3n) is 5.84. The van der Waals surface area contributed by atoms with Gasteiger partial charge in [-0.3, -0.25) is 4.79 Å². The number of rotatable bonds is 8. The molecule has 0 N–H and O–H groups in total. The summed E-state index contributed by atoms with van der Waals surface area (Å²) in [5.41, 5.74) is 0. The number of hydrogen-bond acceptors (Lipinski definition) is 3. The average molecular weight is 447 g/mol. The van der Waals surface area contributed by atoms with Crippen LogP contribution in [0.3, 0.4) is 0 Å². The number of ether oxygens (including phenoxy) is 2. The fraction of sp³-hybridized carbons (Fsp3) is 0.286. The molecular formula is C28H31O3P. The van der Waals surface area contributed by atoms with Crippen molar-refractivity contribution in [2.45, 2.75) is 45.0 Å². The third kappa shape index (κ3) is 5.13. The van der Waals surface area contributed by atoms with Gasteiger partial charge in [0.2, 0.25) is 0 Å². The van der Waals surface area contributed by atoms with E-state index in [1.165, 1.54) is 15.9 Å². The van der Waals surface area contributed by atoms with Gasteiger partial charge in [-0.25, -0.2) is 0 Å². The van der Waals surface area contributed by atoms with Crippen molar-refractivity contribution in [3.63, 3.8) is 0 Å². The highest BCUT2D eigenvalue weighted by Crippen LogP contribution is 2.43. The van der Waals surface area contributed by atoms with Crippen LogP contribution in [-0.4, -0.2) is 30.1 Å². The van der Waals surface area contributed by atoms with E-state index < -0.39 is 12.7 Å². The molecule has 1 fully saturated rings. The summed E-state index contributed by atoms with van der Waals surface area (Å²) >= 11 is 0. The van der Waals surface area contributed by atoms with Crippen molar-refractivity contribution in [1.82, 2.24) is 0 Å². The molecule has 0 spiro atoms. The first-order chi connectivity index (χ1) is 15.5. The molecule has 32 heavy (non-hydrogen) atoms. The lowest BCUT2D eigenvalue weighted by Crippen LogP contribution is -2.28. The van der Waals surface area contributed by atoms with Gasteiger partial charge in [-0.2, -0.15) is 0 Å². The molecule has 0 bridgehead atoms. The zero-order chi connectivity index (χ0) is 22.4. The van der Waals surface area contributed by atoms with Crippen LogP contribution in [0.1, 0.15) is 33.1 Å². The van der Waals surface area contributed by atoms with Crippen LogP contribution in [-0.2, 0) is 14.3 Å². The van der Waals surface area contributed by atoms with Gasteiger partial charge in [0.15, 0.2) is 11.6 Å². The SMILES string of the molecule is CC1(C)OC[C@H](CCCC(=O)C=P(c2ccccc2)(c2ccccc2)c2ccccc2)O1. The summed E-state index contributed by atoms with van der Waals surface area (Å²) < 4.78 is 11.6. The Morgan fingerprint density at radius 1 is 0.875 bits per heavy atom. The van der Waals surface area contributed by atoms with Gasteiger partial charge in [-0.1, -0.05) is 91.0 Å². The molecule has 3 aromatic rings. The Labute approximate surface area is 191 Å². The summed E-state index contributed by atoms with van der Waals surface area (Å²) in [6.07, 6.45) is 2.19. The summed E-state index contributed by atoms with van der Waals surface area (Å²) in [4.78, 5) is 13.4. The van der Waals surface area contributed by atoms with E-state index in [9.17, 15) is 4.79 Å². The van der Waals surface area contributed by atoms with Crippen LogP contribution in [0.25, 0.3) is 0 Å². The summed E-state index contributed by atoms with van der Waals surface area (Å²) in [7, 11) is 0. The topological polar surface area (TPSA) is 35.5 Å². The molecule has 1 atom stereocenters. The number of Topliss-reactive ketones (excluding diaryl/α,β-unsaturated/α-hetero) is 1. The summed E-state index contributed by atoms with van der Waals surface area (Å²) in [5.74, 6) is 1.70. The molecule has 3 nitrogen and oxygen atoms in total. The van der Waals surface area contributed by atoms with Crippen molar-refractivity contribution in [3.05, 3.63) is 91.0 Å². The lowest BCUT2D eigenvalue weighted by atomic mass is 10.1. The van der Waals surface area contributed by atoms with Crippen LogP contribution >= 0.6 is 6.89 Å². The quantitative estimate of drug-likeness (QED) is 0.472. The van der Waals surface area contributed by atoms with Gasteiger partial charge in [0.05, 0.1) is 12.7 Å². The van der Waals surface area contributed by atoms with Crippen LogP contribution < -0.4 is 15.9 Å². The van der Waals surface area contributed by atoms with Crippen molar-refractivity contribution in [1.29, 1.82) is 0 Å². The molecule has 1 aliphatic heterocycles. The molecule has 0 saturated carbocycles. The molecular weight excluding hydrogens is 415 g/mol. The second-order valence-corrected chi connectivity index (χ2v) is 11.9. The van der Waals surface area contributed by atoms with E-state index in [0.717, 1.165) is 12.8 Å². The molecule has 4 rings (SSSR count). The zero-order valence-corrected chi connectivity index (χ0v) is 19.7. The van der Waals surface area contributed by atoms with Gasteiger partial charge >= 0.3 is 0 Å². The van der Waals surface area contributed by atoms with Crippen LogP contribution in [0.2, 0.25) is 0 Å². The fourth-order valence-corrected chi connectivity index (χ4v) is 8.18. The number of carbonyl (C=O) groups excluding carboxylic acids is 1. The van der Waals surface area contributed by atoms with E-state index in [-0.39, 0.29) is 11.9 Å². The number of hydrogen-bond donors (Lipinski definition) is 0. The molecule has 0 radical (unpaired) electrons. The Bertz CT molecular complexity index is 972. The number of ketones is 1. The van der Waals surface area contributed by atoms with Crippen LogP contribution in [0.15, 0.2) is 91.0 Å². The molecule has 0 amide bonds. The first-order valence-corrected chi connectivity index (χ1v) is 13.1. The maximum Gasteiger partial charge on any atom is 0.163 e. The second kappa shape index (κ2) is 10.0. The van der Waals surface area contributed by atoms with Crippen LogP contribution in [0.4, 0.5) is 0 Å². The van der Waals surface area contributed by atoms with Crippen molar-refractivity contribution in [2.75, 3.05) is 6.61 Å². The van der Waals surface area contributed by atoms with E-state index in [0.29, 0.717) is 13.0 Å². The van der Waals surface area contributed by atoms with Gasteiger partial charge < -0.3 is 9.47 Å². The molecule has 1 saturated heterocycles. The second-order valence-electron chi connectivity index (χ2n) is 8.67. The molecule has 1 aliphatic rings. The molecule has 166 valence electrons. The highest BCUT2D eigenvalue weighted by molar-refractivity contribution is 7.95. The lowest BCUT2D eigenvalue weighted by molar-refractivity contribution is -0.139. The lowest BCUT2D eigenvalue weighted by Gasteiger charge is -2.28. The van der Waals surface area contributed by atoms with Gasteiger partial charge in [0, 0.05) is 6.42 Å². The van der Waals surface area contributed by atoms with Crippen LogP contribution in [0, 0.1) is 0 Å². The standard InChI is InChI=1S/C28H31O3P/c1-28(2)30-21-24(31-28)14-12-13-23(29)22-32(25-15-6-3-7-16-25,26-17-8-4-9-18-26)27-19-10-5-11-20-27/h3-11,15-20,22,24H,12-14,21H2,1-2H3/t24-/m0/s1. The summed E-state index contributed by atoms with van der Waals surface area (Å²) in [5, 5.41) is 3.58. The molecule has 0 unspecified atom stereocenters. The Hall–Kier alpha value is -2.45. The Kier molecular flexibility index (Phi) is 7.10. The Balaban J connectivity index is 1.69. The molecule has 4 heteroatoms. The van der Waals surface area contributed by atoms with E-state index in [2.05, 4.69) is 72.8 Å².